The molecule has 0 aliphatic carbocycles. The Morgan fingerprint density at radius 3 is 2.64 bits per heavy atom. The van der Waals surface area contributed by atoms with Gasteiger partial charge in [-0.15, -0.1) is 0 Å². The second-order valence-corrected chi connectivity index (χ2v) is 9.71. The zero-order valence-electron chi connectivity index (χ0n) is 15.6. The van der Waals surface area contributed by atoms with Crippen LogP contribution in [-0.2, 0) is 9.84 Å². The number of fused-ring (bicyclic) bond motifs is 1. The summed E-state index contributed by atoms with van der Waals surface area (Å²) in [6, 6.07) is 10.9. The summed E-state index contributed by atoms with van der Waals surface area (Å²) < 4.78 is 28.0. The van der Waals surface area contributed by atoms with Crippen LogP contribution in [0.4, 0.5) is 0 Å². The molecule has 0 unspecified atom stereocenters. The smallest absolute Gasteiger partial charge is 0.214 e. The Hall–Kier alpha value is -2.65. The standard InChI is InChI=1S/C19H20N4O3S2/c1-11(2)26-17-6-4-5-16(23-17)14-10-22-15-8-7-12(9-13(14)15)18(20)27-19(21)28(3,24)25/h4-11,20-22H,1-3H3. The van der Waals surface area contributed by atoms with E-state index in [1.165, 1.54) is 0 Å². The molecular weight excluding hydrogens is 396 g/mol. The zero-order valence-corrected chi connectivity index (χ0v) is 17.2. The molecule has 3 rings (SSSR count). The number of nitrogens with zero attached hydrogens (tertiary/aromatic N) is 1. The van der Waals surface area contributed by atoms with Gasteiger partial charge in [0.15, 0.2) is 14.2 Å². The number of ether oxygens (including phenoxy) is 1. The molecule has 0 radical (unpaired) electrons. The molecule has 0 amide bonds. The van der Waals surface area contributed by atoms with Crippen LogP contribution in [-0.4, -0.2) is 40.2 Å². The number of nitrogens with one attached hydrogen (secondary N) is 3. The Bertz CT molecular complexity index is 1170. The molecule has 9 heteroatoms. The molecule has 0 bridgehead atoms. The number of H-pyrrole nitrogens is 1. The first-order valence-electron chi connectivity index (χ1n) is 8.46. The van der Waals surface area contributed by atoms with Crippen molar-refractivity contribution < 1.29 is 13.2 Å². The molecule has 7 nitrogen and oxygen atoms in total. The van der Waals surface area contributed by atoms with Crippen molar-refractivity contribution in [2.75, 3.05) is 6.26 Å². The van der Waals surface area contributed by atoms with Crippen molar-refractivity contribution in [3.63, 3.8) is 0 Å². The summed E-state index contributed by atoms with van der Waals surface area (Å²) in [5.74, 6) is 0.530. The maximum Gasteiger partial charge on any atom is 0.214 e. The first kappa shape index (κ1) is 20.1. The van der Waals surface area contributed by atoms with Crippen LogP contribution in [0.5, 0.6) is 5.88 Å². The van der Waals surface area contributed by atoms with Crippen LogP contribution in [0.3, 0.4) is 0 Å². The minimum absolute atomic E-state index is 0.00525. The number of sulfone groups is 1. The van der Waals surface area contributed by atoms with Crippen LogP contribution in [0.25, 0.3) is 22.2 Å². The Kier molecular flexibility index (Phi) is 5.57. The summed E-state index contributed by atoms with van der Waals surface area (Å²) in [5, 5.41) is 16.6. The number of pyridine rings is 1. The molecule has 0 aliphatic rings. The third-order valence-electron chi connectivity index (χ3n) is 3.83. The SMILES string of the molecule is CC(C)Oc1cccc(-c2c[nH]c3ccc(C(=N)SC(=N)S(C)(=O)=O)cc23)n1. The monoisotopic (exact) mass is 416 g/mol. The van der Waals surface area contributed by atoms with Crippen molar-refractivity contribution in [3.8, 4) is 17.1 Å². The molecule has 0 aliphatic heterocycles. The molecule has 0 saturated carbocycles. The van der Waals surface area contributed by atoms with Gasteiger partial charge in [0.05, 0.1) is 11.8 Å². The minimum Gasteiger partial charge on any atom is -0.475 e. The van der Waals surface area contributed by atoms with Gasteiger partial charge in [0.1, 0.15) is 5.04 Å². The van der Waals surface area contributed by atoms with Crippen LogP contribution in [0.2, 0.25) is 0 Å². The molecule has 28 heavy (non-hydrogen) atoms. The lowest BCUT2D eigenvalue weighted by Crippen LogP contribution is -2.10. The molecule has 3 aromatic rings. The molecule has 0 saturated heterocycles. The second kappa shape index (κ2) is 7.76. The molecule has 1 aromatic carbocycles. The number of thioether (sulfide) groups is 1. The van der Waals surface area contributed by atoms with Crippen LogP contribution in [0, 0.1) is 10.8 Å². The average molecular weight is 417 g/mol. The fraction of sp³-hybridized carbons (Fsp3) is 0.211. The maximum absolute atomic E-state index is 11.4. The number of benzene rings is 1. The van der Waals surface area contributed by atoms with E-state index >= 15 is 0 Å². The molecule has 0 fully saturated rings. The van der Waals surface area contributed by atoms with E-state index in [2.05, 4.69) is 9.97 Å². The van der Waals surface area contributed by atoms with Gasteiger partial charge in [-0.2, -0.15) is 0 Å². The van der Waals surface area contributed by atoms with Gasteiger partial charge in [-0.05, 0) is 43.8 Å². The topological polar surface area (TPSA) is 120 Å². The highest BCUT2D eigenvalue weighted by molar-refractivity contribution is 8.42. The molecular formula is C19H20N4O3S2. The van der Waals surface area contributed by atoms with Gasteiger partial charge in [-0.3, -0.25) is 10.8 Å². The van der Waals surface area contributed by atoms with E-state index in [-0.39, 0.29) is 11.1 Å². The van der Waals surface area contributed by atoms with E-state index in [0.29, 0.717) is 23.2 Å². The predicted octanol–water partition coefficient (Wildman–Crippen LogP) is 4.06. The molecule has 0 atom stereocenters. The van der Waals surface area contributed by atoms with Gasteiger partial charge in [0, 0.05) is 40.5 Å². The van der Waals surface area contributed by atoms with Crippen LogP contribution >= 0.6 is 11.8 Å². The van der Waals surface area contributed by atoms with Gasteiger partial charge >= 0.3 is 0 Å². The lowest BCUT2D eigenvalue weighted by Gasteiger charge is -2.09. The number of hydrogen-bond donors (Lipinski definition) is 3. The normalized spacial score (nSPS) is 11.7. The van der Waals surface area contributed by atoms with Crippen molar-refractivity contribution in [1.82, 2.24) is 9.97 Å². The van der Waals surface area contributed by atoms with Crippen molar-refractivity contribution >= 4 is 41.9 Å². The maximum atomic E-state index is 11.4. The highest BCUT2D eigenvalue weighted by atomic mass is 32.3. The predicted molar refractivity (Wildman–Crippen MR) is 114 cm³/mol. The molecule has 2 heterocycles. The van der Waals surface area contributed by atoms with Crippen LogP contribution in [0.1, 0.15) is 19.4 Å². The van der Waals surface area contributed by atoms with Gasteiger partial charge < -0.3 is 9.72 Å². The van der Waals surface area contributed by atoms with Gasteiger partial charge in [-0.1, -0.05) is 12.1 Å². The summed E-state index contributed by atoms with van der Waals surface area (Å²) in [6.45, 7) is 3.87. The van der Waals surface area contributed by atoms with E-state index in [4.69, 9.17) is 15.6 Å². The number of aromatic amines is 1. The Morgan fingerprint density at radius 2 is 1.96 bits per heavy atom. The molecule has 2 aromatic heterocycles. The summed E-state index contributed by atoms with van der Waals surface area (Å²) >= 11 is 0.615. The van der Waals surface area contributed by atoms with E-state index in [1.807, 2.05) is 38.2 Å². The second-order valence-electron chi connectivity index (χ2n) is 6.48. The third kappa shape index (κ3) is 4.42. The van der Waals surface area contributed by atoms with Gasteiger partial charge in [0.25, 0.3) is 0 Å². The van der Waals surface area contributed by atoms with Crippen molar-refractivity contribution in [2.24, 2.45) is 0 Å². The third-order valence-corrected chi connectivity index (χ3v) is 6.29. The fourth-order valence-corrected chi connectivity index (χ4v) is 3.86. The highest BCUT2D eigenvalue weighted by Crippen LogP contribution is 2.30. The molecule has 0 spiro atoms. The first-order chi connectivity index (χ1) is 13.1. The first-order valence-corrected chi connectivity index (χ1v) is 11.2. The zero-order chi connectivity index (χ0) is 20.5. The number of aromatic nitrogens is 2. The van der Waals surface area contributed by atoms with E-state index in [0.717, 1.165) is 28.4 Å². The summed E-state index contributed by atoms with van der Waals surface area (Å²) in [4.78, 5) is 7.73. The highest BCUT2D eigenvalue weighted by Gasteiger charge is 2.17. The lowest BCUT2D eigenvalue weighted by atomic mass is 10.1. The largest absolute Gasteiger partial charge is 0.475 e. The van der Waals surface area contributed by atoms with E-state index in [1.54, 1.807) is 18.2 Å². The Balaban J connectivity index is 1.97. The van der Waals surface area contributed by atoms with Gasteiger partial charge in [0.2, 0.25) is 5.88 Å². The van der Waals surface area contributed by atoms with E-state index < -0.39 is 14.2 Å². The summed E-state index contributed by atoms with van der Waals surface area (Å²) in [5.41, 5.74) is 2.97. The number of rotatable bonds is 4. The summed E-state index contributed by atoms with van der Waals surface area (Å²) in [6.07, 6.45) is 2.81. The quantitative estimate of drug-likeness (QED) is 0.438. The summed E-state index contributed by atoms with van der Waals surface area (Å²) in [7, 11) is -3.63. The van der Waals surface area contributed by atoms with Crippen molar-refractivity contribution in [1.29, 1.82) is 10.8 Å². The minimum atomic E-state index is -3.63. The Morgan fingerprint density at radius 1 is 1.21 bits per heavy atom. The van der Waals surface area contributed by atoms with Crippen LogP contribution < -0.4 is 4.74 Å². The Labute approximate surface area is 167 Å². The van der Waals surface area contributed by atoms with Crippen LogP contribution in [0.15, 0.2) is 42.6 Å². The van der Waals surface area contributed by atoms with Crippen molar-refractivity contribution in [2.45, 2.75) is 20.0 Å². The van der Waals surface area contributed by atoms with Gasteiger partial charge in [-0.25, -0.2) is 13.4 Å². The molecule has 146 valence electrons. The van der Waals surface area contributed by atoms with E-state index in [9.17, 15) is 8.42 Å². The number of hydrogen-bond acceptors (Lipinski definition) is 7. The van der Waals surface area contributed by atoms with Crippen molar-refractivity contribution in [3.05, 3.63) is 48.2 Å². The average Bonchev–Trinajstić information content (AvgIpc) is 3.03. The molecule has 3 N–H and O–H groups in total. The lowest BCUT2D eigenvalue weighted by molar-refractivity contribution is 0.233. The fourth-order valence-electron chi connectivity index (χ4n) is 2.57.